The SMILES string of the molecule is Cc1nn(C)cc1NCCCc1ccccc1. The molecule has 0 saturated carbocycles. The molecule has 3 nitrogen and oxygen atoms in total. The third kappa shape index (κ3) is 3.34. The van der Waals surface area contributed by atoms with E-state index < -0.39 is 0 Å². The summed E-state index contributed by atoms with van der Waals surface area (Å²) >= 11 is 0. The van der Waals surface area contributed by atoms with Gasteiger partial charge in [0.15, 0.2) is 0 Å². The van der Waals surface area contributed by atoms with Crippen LogP contribution in [0.5, 0.6) is 0 Å². The second-order valence-electron chi connectivity index (χ2n) is 4.32. The van der Waals surface area contributed by atoms with E-state index in [1.165, 1.54) is 5.56 Å². The summed E-state index contributed by atoms with van der Waals surface area (Å²) in [4.78, 5) is 0. The van der Waals surface area contributed by atoms with E-state index in [0.717, 1.165) is 30.8 Å². The lowest BCUT2D eigenvalue weighted by molar-refractivity contribution is 0.756. The summed E-state index contributed by atoms with van der Waals surface area (Å²) in [6.07, 6.45) is 4.28. The van der Waals surface area contributed by atoms with Crippen LogP contribution in [0.4, 0.5) is 5.69 Å². The van der Waals surface area contributed by atoms with Crippen LogP contribution in [0.25, 0.3) is 0 Å². The Hall–Kier alpha value is -1.77. The van der Waals surface area contributed by atoms with Crippen molar-refractivity contribution in [2.45, 2.75) is 19.8 Å². The molecule has 0 aliphatic carbocycles. The summed E-state index contributed by atoms with van der Waals surface area (Å²) in [7, 11) is 1.95. The zero-order chi connectivity index (χ0) is 12.1. The van der Waals surface area contributed by atoms with Gasteiger partial charge in [-0.3, -0.25) is 4.68 Å². The van der Waals surface area contributed by atoms with Crippen LogP contribution >= 0.6 is 0 Å². The number of aromatic nitrogens is 2. The molecule has 90 valence electrons. The van der Waals surface area contributed by atoms with Crippen LogP contribution in [0.1, 0.15) is 17.7 Å². The average molecular weight is 229 g/mol. The first-order valence-corrected chi connectivity index (χ1v) is 6.04. The summed E-state index contributed by atoms with van der Waals surface area (Å²) in [5, 5.41) is 7.72. The molecule has 0 fully saturated rings. The Morgan fingerprint density at radius 2 is 2.00 bits per heavy atom. The van der Waals surface area contributed by atoms with E-state index in [0.29, 0.717) is 0 Å². The van der Waals surface area contributed by atoms with Gasteiger partial charge in [-0.25, -0.2) is 0 Å². The molecule has 0 unspecified atom stereocenters. The molecule has 1 N–H and O–H groups in total. The van der Waals surface area contributed by atoms with Gasteiger partial charge in [-0.05, 0) is 25.3 Å². The van der Waals surface area contributed by atoms with Gasteiger partial charge in [0.05, 0.1) is 11.4 Å². The highest BCUT2D eigenvalue weighted by Crippen LogP contribution is 2.11. The van der Waals surface area contributed by atoms with E-state index in [1.54, 1.807) is 0 Å². The van der Waals surface area contributed by atoms with Crippen molar-refractivity contribution < 1.29 is 0 Å². The standard InChI is InChI=1S/C14H19N3/c1-12-14(11-17(2)16-12)15-10-6-9-13-7-4-3-5-8-13/h3-5,7-8,11,15H,6,9-10H2,1-2H3. The molecule has 1 heterocycles. The second kappa shape index (κ2) is 5.53. The summed E-state index contributed by atoms with van der Waals surface area (Å²) in [5.41, 5.74) is 3.60. The van der Waals surface area contributed by atoms with E-state index in [2.05, 4.69) is 40.7 Å². The highest BCUT2D eigenvalue weighted by Gasteiger charge is 2.01. The fourth-order valence-electron chi connectivity index (χ4n) is 1.93. The van der Waals surface area contributed by atoms with Crippen molar-refractivity contribution in [2.24, 2.45) is 7.05 Å². The highest BCUT2D eigenvalue weighted by atomic mass is 15.3. The molecule has 0 spiro atoms. The molecule has 0 radical (unpaired) electrons. The van der Waals surface area contributed by atoms with Crippen molar-refractivity contribution in [3.8, 4) is 0 Å². The van der Waals surface area contributed by atoms with Gasteiger partial charge in [-0.1, -0.05) is 30.3 Å². The monoisotopic (exact) mass is 229 g/mol. The van der Waals surface area contributed by atoms with Crippen LogP contribution in [0.15, 0.2) is 36.5 Å². The fraction of sp³-hybridized carbons (Fsp3) is 0.357. The third-order valence-corrected chi connectivity index (χ3v) is 2.81. The Kier molecular flexibility index (Phi) is 3.81. The number of anilines is 1. The molecule has 1 aromatic carbocycles. The van der Waals surface area contributed by atoms with Crippen molar-refractivity contribution in [3.05, 3.63) is 47.8 Å². The van der Waals surface area contributed by atoms with Crippen molar-refractivity contribution in [1.82, 2.24) is 9.78 Å². The smallest absolute Gasteiger partial charge is 0.0824 e. The average Bonchev–Trinajstić information content (AvgIpc) is 2.65. The minimum absolute atomic E-state index is 0.988. The summed E-state index contributed by atoms with van der Waals surface area (Å²) in [6.45, 7) is 3.01. The van der Waals surface area contributed by atoms with Gasteiger partial charge in [-0.15, -0.1) is 0 Å². The van der Waals surface area contributed by atoms with Crippen molar-refractivity contribution >= 4 is 5.69 Å². The predicted molar refractivity (Wildman–Crippen MR) is 71.2 cm³/mol. The van der Waals surface area contributed by atoms with Gasteiger partial charge in [0.1, 0.15) is 0 Å². The molecule has 3 heteroatoms. The van der Waals surface area contributed by atoms with Crippen LogP contribution in [0.2, 0.25) is 0 Å². The summed E-state index contributed by atoms with van der Waals surface area (Å²) in [5.74, 6) is 0. The van der Waals surface area contributed by atoms with E-state index in [1.807, 2.05) is 24.9 Å². The zero-order valence-electron chi connectivity index (χ0n) is 10.5. The molecular formula is C14H19N3. The van der Waals surface area contributed by atoms with Crippen molar-refractivity contribution in [3.63, 3.8) is 0 Å². The van der Waals surface area contributed by atoms with Crippen LogP contribution in [-0.2, 0) is 13.5 Å². The minimum atomic E-state index is 0.988. The van der Waals surface area contributed by atoms with Crippen LogP contribution < -0.4 is 5.32 Å². The second-order valence-corrected chi connectivity index (χ2v) is 4.32. The van der Waals surface area contributed by atoms with Gasteiger partial charge >= 0.3 is 0 Å². The first kappa shape index (κ1) is 11.7. The molecule has 17 heavy (non-hydrogen) atoms. The van der Waals surface area contributed by atoms with Gasteiger partial charge in [0.25, 0.3) is 0 Å². The van der Waals surface area contributed by atoms with E-state index >= 15 is 0 Å². The molecule has 0 aliphatic rings. The number of aryl methyl sites for hydroxylation is 3. The summed E-state index contributed by atoms with van der Waals surface area (Å²) < 4.78 is 1.84. The highest BCUT2D eigenvalue weighted by molar-refractivity contribution is 5.45. The molecule has 0 saturated heterocycles. The lowest BCUT2D eigenvalue weighted by Gasteiger charge is -2.04. The van der Waals surface area contributed by atoms with Crippen LogP contribution in [0.3, 0.4) is 0 Å². The third-order valence-electron chi connectivity index (χ3n) is 2.81. The Labute approximate surface area is 102 Å². The van der Waals surface area contributed by atoms with Crippen LogP contribution in [-0.4, -0.2) is 16.3 Å². The largest absolute Gasteiger partial charge is 0.382 e. The molecule has 2 aromatic rings. The van der Waals surface area contributed by atoms with Gasteiger partial charge < -0.3 is 5.32 Å². The Balaban J connectivity index is 1.75. The van der Waals surface area contributed by atoms with Gasteiger partial charge in [0, 0.05) is 19.8 Å². The zero-order valence-corrected chi connectivity index (χ0v) is 10.5. The maximum absolute atomic E-state index is 4.30. The maximum atomic E-state index is 4.30. The molecule has 0 bridgehead atoms. The molecular weight excluding hydrogens is 210 g/mol. The van der Waals surface area contributed by atoms with Crippen molar-refractivity contribution in [2.75, 3.05) is 11.9 Å². The topological polar surface area (TPSA) is 29.9 Å². The number of nitrogens with zero attached hydrogens (tertiary/aromatic N) is 2. The predicted octanol–water partition coefficient (Wildman–Crippen LogP) is 2.77. The molecule has 0 aliphatic heterocycles. The lowest BCUT2D eigenvalue weighted by Crippen LogP contribution is -2.03. The Bertz CT molecular complexity index is 460. The van der Waals surface area contributed by atoms with Gasteiger partial charge in [-0.2, -0.15) is 5.10 Å². The van der Waals surface area contributed by atoms with Crippen LogP contribution in [0, 0.1) is 6.92 Å². The van der Waals surface area contributed by atoms with E-state index in [4.69, 9.17) is 0 Å². The fourth-order valence-corrected chi connectivity index (χ4v) is 1.93. The lowest BCUT2D eigenvalue weighted by atomic mass is 10.1. The number of benzene rings is 1. The van der Waals surface area contributed by atoms with E-state index in [-0.39, 0.29) is 0 Å². The maximum Gasteiger partial charge on any atom is 0.0824 e. The molecule has 1 aromatic heterocycles. The number of hydrogen-bond donors (Lipinski definition) is 1. The quantitative estimate of drug-likeness (QED) is 0.799. The number of rotatable bonds is 5. The number of nitrogens with one attached hydrogen (secondary N) is 1. The molecule has 2 rings (SSSR count). The van der Waals surface area contributed by atoms with Crippen molar-refractivity contribution in [1.29, 1.82) is 0 Å². The molecule has 0 atom stereocenters. The first-order valence-electron chi connectivity index (χ1n) is 6.04. The Morgan fingerprint density at radius 1 is 1.24 bits per heavy atom. The number of hydrogen-bond acceptors (Lipinski definition) is 2. The summed E-state index contributed by atoms with van der Waals surface area (Å²) in [6, 6.07) is 10.6. The minimum Gasteiger partial charge on any atom is -0.382 e. The Morgan fingerprint density at radius 3 is 2.65 bits per heavy atom. The molecule has 0 amide bonds. The van der Waals surface area contributed by atoms with E-state index in [9.17, 15) is 0 Å². The normalized spacial score (nSPS) is 10.5. The van der Waals surface area contributed by atoms with Gasteiger partial charge in [0.2, 0.25) is 0 Å². The first-order chi connectivity index (χ1) is 8.25.